The fourth-order valence-corrected chi connectivity index (χ4v) is 1.13. The summed E-state index contributed by atoms with van der Waals surface area (Å²) in [4.78, 5) is 7.28. The Morgan fingerprint density at radius 1 is 1.50 bits per heavy atom. The first-order valence-electron chi connectivity index (χ1n) is 3.84. The molecule has 0 bridgehead atoms. The van der Waals surface area contributed by atoms with Gasteiger partial charge in [0, 0.05) is 5.56 Å². The summed E-state index contributed by atoms with van der Waals surface area (Å²) in [6, 6.07) is 10.8. The van der Waals surface area contributed by atoms with Crippen LogP contribution in [0.3, 0.4) is 0 Å². The maximum absolute atomic E-state index is 4.12. The Bertz CT molecular complexity index is 362. The third-order valence-corrected chi connectivity index (χ3v) is 1.72. The largest absolute Gasteiger partial charge is 0.342 e. The van der Waals surface area contributed by atoms with E-state index in [1.165, 1.54) is 0 Å². The van der Waals surface area contributed by atoms with Gasteiger partial charge in [-0.1, -0.05) is 18.2 Å². The summed E-state index contributed by atoms with van der Waals surface area (Å²) >= 11 is 0. The van der Waals surface area contributed by atoms with E-state index in [1.807, 2.05) is 37.4 Å². The van der Waals surface area contributed by atoms with E-state index in [4.69, 9.17) is 0 Å². The van der Waals surface area contributed by atoms with Crippen molar-refractivity contribution in [1.82, 2.24) is 9.97 Å². The smallest absolute Gasteiger partial charge is 0.103 e. The van der Waals surface area contributed by atoms with Crippen LogP contribution >= 0.6 is 0 Å². The SMILES string of the molecule is Cc1ncc(-c2c[c]ccc2)[nH]1. The van der Waals surface area contributed by atoms with Crippen LogP contribution in [0.4, 0.5) is 0 Å². The number of hydrogen-bond acceptors (Lipinski definition) is 1. The topological polar surface area (TPSA) is 28.7 Å². The molecule has 2 heteroatoms. The minimum Gasteiger partial charge on any atom is -0.342 e. The average Bonchev–Trinajstić information content (AvgIpc) is 2.54. The maximum atomic E-state index is 4.12. The number of benzene rings is 1. The summed E-state index contributed by atoms with van der Waals surface area (Å²) in [6.45, 7) is 1.94. The van der Waals surface area contributed by atoms with E-state index >= 15 is 0 Å². The molecule has 0 amide bonds. The Hall–Kier alpha value is -1.57. The number of rotatable bonds is 1. The summed E-state index contributed by atoms with van der Waals surface area (Å²) in [5.41, 5.74) is 2.17. The number of aromatic nitrogens is 2. The van der Waals surface area contributed by atoms with Crippen LogP contribution in [0.25, 0.3) is 11.3 Å². The monoisotopic (exact) mass is 157 g/mol. The van der Waals surface area contributed by atoms with Gasteiger partial charge in [0.05, 0.1) is 11.9 Å². The molecule has 0 saturated heterocycles. The number of nitrogens with zero attached hydrogens (tertiary/aromatic N) is 1. The lowest BCUT2D eigenvalue weighted by molar-refractivity contribution is 1.15. The van der Waals surface area contributed by atoms with E-state index in [0.29, 0.717) is 0 Å². The molecule has 0 spiro atoms. The molecule has 2 rings (SSSR count). The van der Waals surface area contributed by atoms with Crippen LogP contribution in [0, 0.1) is 13.0 Å². The molecule has 1 N–H and O–H groups in total. The molecule has 12 heavy (non-hydrogen) atoms. The Morgan fingerprint density at radius 2 is 2.42 bits per heavy atom. The van der Waals surface area contributed by atoms with Crippen molar-refractivity contribution in [2.24, 2.45) is 0 Å². The minimum atomic E-state index is 0.939. The third kappa shape index (κ3) is 1.23. The van der Waals surface area contributed by atoms with Gasteiger partial charge in [0.2, 0.25) is 0 Å². The van der Waals surface area contributed by atoms with E-state index < -0.39 is 0 Å². The summed E-state index contributed by atoms with van der Waals surface area (Å²) < 4.78 is 0. The molecule has 0 aliphatic carbocycles. The van der Waals surface area contributed by atoms with Gasteiger partial charge in [-0.3, -0.25) is 0 Å². The van der Waals surface area contributed by atoms with Crippen molar-refractivity contribution in [2.75, 3.05) is 0 Å². The number of nitrogens with one attached hydrogen (secondary N) is 1. The lowest BCUT2D eigenvalue weighted by Gasteiger charge is -1.93. The van der Waals surface area contributed by atoms with Crippen LogP contribution in [0.1, 0.15) is 5.82 Å². The van der Waals surface area contributed by atoms with Crippen LogP contribution in [-0.4, -0.2) is 9.97 Å². The fraction of sp³-hybridized carbons (Fsp3) is 0.100. The molecular weight excluding hydrogens is 148 g/mol. The molecular formula is C10H9N2. The van der Waals surface area contributed by atoms with Gasteiger partial charge in [0.1, 0.15) is 5.82 Å². The van der Waals surface area contributed by atoms with Crippen molar-refractivity contribution in [2.45, 2.75) is 6.92 Å². The molecule has 2 nitrogen and oxygen atoms in total. The Kier molecular flexibility index (Phi) is 1.67. The van der Waals surface area contributed by atoms with Crippen molar-refractivity contribution in [3.8, 4) is 11.3 Å². The van der Waals surface area contributed by atoms with Gasteiger partial charge in [0.25, 0.3) is 0 Å². The van der Waals surface area contributed by atoms with Crippen molar-refractivity contribution in [3.63, 3.8) is 0 Å². The van der Waals surface area contributed by atoms with Gasteiger partial charge in [-0.25, -0.2) is 4.98 Å². The zero-order valence-electron chi connectivity index (χ0n) is 6.83. The van der Waals surface area contributed by atoms with Gasteiger partial charge >= 0.3 is 0 Å². The highest BCUT2D eigenvalue weighted by atomic mass is 14.9. The first-order valence-corrected chi connectivity index (χ1v) is 3.84. The average molecular weight is 157 g/mol. The maximum Gasteiger partial charge on any atom is 0.103 e. The summed E-state index contributed by atoms with van der Waals surface area (Å²) in [5, 5.41) is 0. The van der Waals surface area contributed by atoms with Crippen molar-refractivity contribution >= 4 is 0 Å². The predicted molar refractivity (Wildman–Crippen MR) is 47.6 cm³/mol. The molecule has 59 valence electrons. The second-order valence-corrected chi connectivity index (χ2v) is 2.67. The quantitative estimate of drug-likeness (QED) is 0.675. The van der Waals surface area contributed by atoms with Crippen LogP contribution in [0.5, 0.6) is 0 Å². The van der Waals surface area contributed by atoms with Crippen LogP contribution in [-0.2, 0) is 0 Å². The number of imidazole rings is 1. The number of aryl methyl sites for hydroxylation is 1. The molecule has 0 aliphatic rings. The van der Waals surface area contributed by atoms with Crippen LogP contribution in [0.15, 0.2) is 30.5 Å². The molecule has 0 saturated carbocycles. The normalized spacial score (nSPS) is 10.1. The molecule has 0 unspecified atom stereocenters. The summed E-state index contributed by atoms with van der Waals surface area (Å²) in [7, 11) is 0. The second-order valence-electron chi connectivity index (χ2n) is 2.67. The standard InChI is InChI=1S/C10H9N2/c1-8-11-7-10(12-8)9-5-3-2-4-6-9/h2-3,5-7H,1H3,(H,11,12). The Morgan fingerprint density at radius 3 is 3.00 bits per heavy atom. The number of aromatic amines is 1. The highest BCUT2D eigenvalue weighted by molar-refractivity contribution is 5.57. The fourth-order valence-electron chi connectivity index (χ4n) is 1.13. The molecule has 2 aromatic rings. The van der Waals surface area contributed by atoms with Crippen LogP contribution in [0.2, 0.25) is 0 Å². The highest BCUT2D eigenvalue weighted by Crippen LogP contribution is 2.14. The van der Waals surface area contributed by atoms with Gasteiger partial charge in [-0.05, 0) is 19.1 Å². The van der Waals surface area contributed by atoms with E-state index in [1.54, 1.807) is 0 Å². The van der Waals surface area contributed by atoms with Crippen molar-refractivity contribution in [1.29, 1.82) is 0 Å². The predicted octanol–water partition coefficient (Wildman–Crippen LogP) is 2.19. The molecule has 0 fully saturated rings. The van der Waals surface area contributed by atoms with Gasteiger partial charge < -0.3 is 4.98 Å². The lowest BCUT2D eigenvalue weighted by Crippen LogP contribution is -1.76. The lowest BCUT2D eigenvalue weighted by atomic mass is 10.2. The van der Waals surface area contributed by atoms with Crippen molar-refractivity contribution in [3.05, 3.63) is 42.4 Å². The molecule has 1 radical (unpaired) electrons. The first kappa shape index (κ1) is 7.10. The zero-order chi connectivity index (χ0) is 8.39. The van der Waals surface area contributed by atoms with Gasteiger partial charge in [-0.2, -0.15) is 0 Å². The van der Waals surface area contributed by atoms with E-state index in [2.05, 4.69) is 16.0 Å². The van der Waals surface area contributed by atoms with Crippen molar-refractivity contribution < 1.29 is 0 Å². The van der Waals surface area contributed by atoms with E-state index in [9.17, 15) is 0 Å². The number of hydrogen-bond donors (Lipinski definition) is 1. The molecule has 0 aliphatic heterocycles. The minimum absolute atomic E-state index is 0.939. The summed E-state index contributed by atoms with van der Waals surface area (Å²) in [6.07, 6.45) is 1.83. The molecule has 1 heterocycles. The molecule has 1 aromatic carbocycles. The zero-order valence-corrected chi connectivity index (χ0v) is 6.83. The molecule has 1 aromatic heterocycles. The second kappa shape index (κ2) is 2.81. The summed E-state index contributed by atoms with van der Waals surface area (Å²) in [5.74, 6) is 0.939. The highest BCUT2D eigenvalue weighted by Gasteiger charge is 1.97. The van der Waals surface area contributed by atoms with Crippen LogP contribution < -0.4 is 0 Å². The number of H-pyrrole nitrogens is 1. The Balaban J connectivity index is 2.45. The van der Waals surface area contributed by atoms with E-state index in [-0.39, 0.29) is 0 Å². The first-order chi connectivity index (χ1) is 5.86. The molecule has 0 atom stereocenters. The third-order valence-electron chi connectivity index (χ3n) is 1.72. The van der Waals surface area contributed by atoms with Gasteiger partial charge in [-0.15, -0.1) is 0 Å². The Labute approximate surface area is 71.3 Å². The van der Waals surface area contributed by atoms with Gasteiger partial charge in [0.15, 0.2) is 0 Å². The van der Waals surface area contributed by atoms with E-state index in [0.717, 1.165) is 17.1 Å².